The molecule has 32 heavy (non-hydrogen) atoms. The quantitative estimate of drug-likeness (QED) is 0.497. The van der Waals surface area contributed by atoms with Gasteiger partial charge in [0.15, 0.2) is 11.5 Å². The molecule has 0 aromatic heterocycles. The predicted octanol–water partition coefficient (Wildman–Crippen LogP) is 5.48. The van der Waals surface area contributed by atoms with Crippen LogP contribution >= 0.6 is 0 Å². The Balaban J connectivity index is 1.92. The van der Waals surface area contributed by atoms with E-state index in [1.165, 1.54) is 0 Å². The Morgan fingerprint density at radius 3 is 2.19 bits per heavy atom. The molecule has 5 heteroatoms. The lowest BCUT2D eigenvalue weighted by Crippen LogP contribution is -2.41. The summed E-state index contributed by atoms with van der Waals surface area (Å²) >= 11 is 0. The summed E-state index contributed by atoms with van der Waals surface area (Å²) < 4.78 is 17.1. The van der Waals surface area contributed by atoms with Gasteiger partial charge in [0, 0.05) is 5.69 Å². The first-order valence-electron chi connectivity index (χ1n) is 11.0. The number of anilines is 1. The number of hydrogen-bond donors (Lipinski definition) is 0. The molecule has 1 amide bonds. The molecule has 0 saturated carbocycles. The fourth-order valence-corrected chi connectivity index (χ4v) is 4.33. The van der Waals surface area contributed by atoms with Crippen LogP contribution in [0.2, 0.25) is 0 Å². The molecule has 4 rings (SSSR count). The van der Waals surface area contributed by atoms with Gasteiger partial charge in [-0.05, 0) is 79.4 Å². The van der Waals surface area contributed by atoms with E-state index < -0.39 is 0 Å². The molecule has 5 nitrogen and oxygen atoms in total. The van der Waals surface area contributed by atoms with E-state index in [0.29, 0.717) is 31.1 Å². The van der Waals surface area contributed by atoms with Crippen LogP contribution in [-0.2, 0) is 11.2 Å². The van der Waals surface area contributed by atoms with Crippen LogP contribution in [-0.4, -0.2) is 26.2 Å². The molecular formula is C27H29NO4. The summed E-state index contributed by atoms with van der Waals surface area (Å²) in [6.07, 6.45) is 0.302. The van der Waals surface area contributed by atoms with Crippen molar-refractivity contribution in [2.24, 2.45) is 0 Å². The Morgan fingerprint density at radius 2 is 1.56 bits per heavy atom. The van der Waals surface area contributed by atoms with Gasteiger partial charge < -0.3 is 19.1 Å². The number of rotatable bonds is 7. The first kappa shape index (κ1) is 21.8. The normalized spacial score (nSPS) is 15.3. The third-order valence-corrected chi connectivity index (χ3v) is 5.80. The van der Waals surface area contributed by atoms with Crippen molar-refractivity contribution >= 4 is 11.6 Å². The predicted molar refractivity (Wildman–Crippen MR) is 126 cm³/mol. The summed E-state index contributed by atoms with van der Waals surface area (Å²) in [4.78, 5) is 15.4. The lowest BCUT2D eigenvalue weighted by Gasteiger charge is -2.38. The molecular weight excluding hydrogens is 402 g/mol. The Labute approximate surface area is 189 Å². The van der Waals surface area contributed by atoms with Gasteiger partial charge in [-0.1, -0.05) is 24.3 Å². The number of benzene rings is 3. The van der Waals surface area contributed by atoms with Crippen molar-refractivity contribution in [3.8, 4) is 17.2 Å². The van der Waals surface area contributed by atoms with Gasteiger partial charge in [-0.2, -0.15) is 0 Å². The van der Waals surface area contributed by atoms with E-state index in [1.807, 2.05) is 67.3 Å². The number of fused-ring (bicyclic) bond motifs is 1. The molecule has 0 aliphatic carbocycles. The van der Waals surface area contributed by atoms with Crippen LogP contribution in [0, 0.1) is 6.92 Å². The number of amides is 1. The van der Waals surface area contributed by atoms with Gasteiger partial charge in [-0.25, -0.2) is 0 Å². The van der Waals surface area contributed by atoms with Crippen LogP contribution in [0.15, 0.2) is 60.7 Å². The maximum absolute atomic E-state index is 13.5. The molecule has 3 aromatic rings. The smallest absolute Gasteiger partial charge is 0.232 e. The van der Waals surface area contributed by atoms with E-state index in [0.717, 1.165) is 33.7 Å². The summed E-state index contributed by atoms with van der Waals surface area (Å²) in [5.41, 5.74) is 5.08. The van der Waals surface area contributed by atoms with Crippen molar-refractivity contribution in [2.45, 2.75) is 33.2 Å². The number of carbonyl (C=O) groups excluding carboxylic acids is 1. The molecule has 0 N–H and O–H groups in total. The van der Waals surface area contributed by atoms with Crippen molar-refractivity contribution < 1.29 is 19.0 Å². The molecule has 1 aliphatic heterocycles. The zero-order valence-corrected chi connectivity index (χ0v) is 19.1. The third kappa shape index (κ3) is 4.03. The molecule has 0 bridgehead atoms. The maximum atomic E-state index is 13.5. The average molecular weight is 432 g/mol. The van der Waals surface area contributed by atoms with Crippen LogP contribution in [0.25, 0.3) is 0 Å². The Kier molecular flexibility index (Phi) is 6.35. The summed E-state index contributed by atoms with van der Waals surface area (Å²) in [5, 5.41) is 0. The van der Waals surface area contributed by atoms with Crippen molar-refractivity contribution in [1.82, 2.24) is 0 Å². The van der Waals surface area contributed by atoms with E-state index in [4.69, 9.17) is 14.2 Å². The monoisotopic (exact) mass is 431 g/mol. The van der Waals surface area contributed by atoms with Crippen LogP contribution < -0.4 is 19.1 Å². The Morgan fingerprint density at radius 1 is 0.906 bits per heavy atom. The van der Waals surface area contributed by atoms with Crippen molar-refractivity contribution in [3.05, 3.63) is 82.9 Å². The highest BCUT2D eigenvalue weighted by atomic mass is 16.5. The average Bonchev–Trinajstić information content (AvgIpc) is 2.80. The summed E-state index contributed by atoms with van der Waals surface area (Å²) in [6, 6.07) is 19.6. The first-order valence-corrected chi connectivity index (χ1v) is 11.0. The molecule has 0 fully saturated rings. The fourth-order valence-electron chi connectivity index (χ4n) is 4.33. The molecule has 1 aliphatic rings. The van der Waals surface area contributed by atoms with Crippen LogP contribution in [0.4, 0.5) is 5.69 Å². The minimum atomic E-state index is -0.268. The molecule has 166 valence electrons. The molecule has 1 atom stereocenters. The van der Waals surface area contributed by atoms with E-state index in [1.54, 1.807) is 7.11 Å². The highest BCUT2D eigenvalue weighted by molar-refractivity contribution is 5.98. The largest absolute Gasteiger partial charge is 0.497 e. The van der Waals surface area contributed by atoms with Gasteiger partial charge in [0.25, 0.3) is 0 Å². The van der Waals surface area contributed by atoms with E-state index in [2.05, 4.69) is 19.1 Å². The summed E-state index contributed by atoms with van der Waals surface area (Å²) in [6.45, 7) is 7.06. The lowest BCUT2D eigenvalue weighted by molar-refractivity contribution is -0.118. The number of aryl methyl sites for hydroxylation is 1. The number of methoxy groups -OCH3 is 1. The Bertz CT molecular complexity index is 1110. The molecule has 0 spiro atoms. The van der Waals surface area contributed by atoms with Gasteiger partial charge in [-0.3, -0.25) is 4.79 Å². The zero-order chi connectivity index (χ0) is 22.7. The zero-order valence-electron chi connectivity index (χ0n) is 19.1. The second-order valence-corrected chi connectivity index (χ2v) is 7.76. The second kappa shape index (κ2) is 9.35. The van der Waals surface area contributed by atoms with Crippen molar-refractivity contribution in [2.75, 3.05) is 25.2 Å². The number of ether oxygens (including phenoxy) is 3. The standard InChI is InChI=1S/C27H29NO4/c1-5-31-24-15-19-16-26(29)28(20-11-13-21(30-4)14-12-20)27(22-10-8-7-9-18(22)3)23(19)17-25(24)32-6-2/h7-15,17,27H,5-6,16H2,1-4H3. The van der Waals surface area contributed by atoms with Gasteiger partial charge >= 0.3 is 0 Å². The SMILES string of the molecule is CCOc1cc2c(cc1OCC)C(c1ccccc1C)N(c1ccc(OC)cc1)C(=O)C2. The van der Waals surface area contributed by atoms with Crippen molar-refractivity contribution in [1.29, 1.82) is 0 Å². The van der Waals surface area contributed by atoms with Gasteiger partial charge in [0.2, 0.25) is 5.91 Å². The number of carbonyl (C=O) groups is 1. The molecule has 0 saturated heterocycles. The topological polar surface area (TPSA) is 48.0 Å². The molecule has 1 heterocycles. The second-order valence-electron chi connectivity index (χ2n) is 7.76. The van der Waals surface area contributed by atoms with E-state index in [9.17, 15) is 4.79 Å². The summed E-state index contributed by atoms with van der Waals surface area (Å²) in [5.74, 6) is 2.19. The molecule has 3 aromatic carbocycles. The molecule has 0 radical (unpaired) electrons. The van der Waals surface area contributed by atoms with Crippen molar-refractivity contribution in [3.63, 3.8) is 0 Å². The number of hydrogen-bond acceptors (Lipinski definition) is 4. The van der Waals surface area contributed by atoms with Crippen LogP contribution in [0.3, 0.4) is 0 Å². The van der Waals surface area contributed by atoms with Crippen LogP contribution in [0.5, 0.6) is 17.2 Å². The van der Waals surface area contributed by atoms with E-state index in [-0.39, 0.29) is 11.9 Å². The minimum Gasteiger partial charge on any atom is -0.497 e. The van der Waals surface area contributed by atoms with Gasteiger partial charge in [0.1, 0.15) is 5.75 Å². The summed E-state index contributed by atoms with van der Waals surface area (Å²) in [7, 11) is 1.64. The highest BCUT2D eigenvalue weighted by Crippen LogP contribution is 2.44. The molecule has 1 unspecified atom stereocenters. The van der Waals surface area contributed by atoms with Crippen LogP contribution in [0.1, 0.15) is 42.1 Å². The fraction of sp³-hybridized carbons (Fsp3) is 0.296. The maximum Gasteiger partial charge on any atom is 0.232 e. The lowest BCUT2D eigenvalue weighted by atomic mass is 9.85. The minimum absolute atomic E-state index is 0.0440. The number of nitrogens with zero attached hydrogens (tertiary/aromatic N) is 1. The van der Waals surface area contributed by atoms with Gasteiger partial charge in [0.05, 0.1) is 32.8 Å². The third-order valence-electron chi connectivity index (χ3n) is 5.80. The first-order chi connectivity index (χ1) is 15.6. The van der Waals surface area contributed by atoms with E-state index >= 15 is 0 Å². The highest BCUT2D eigenvalue weighted by Gasteiger charge is 2.36. The van der Waals surface area contributed by atoms with Gasteiger partial charge in [-0.15, -0.1) is 0 Å². The Hall–Kier alpha value is -3.47.